The van der Waals surface area contributed by atoms with Crippen molar-refractivity contribution in [1.29, 1.82) is 0 Å². The molecule has 0 radical (unpaired) electrons. The molecule has 4 aliphatic carbocycles. The molecule has 7 atom stereocenters. The van der Waals surface area contributed by atoms with Crippen LogP contribution in [0.2, 0.25) is 0 Å². The van der Waals surface area contributed by atoms with Gasteiger partial charge in [-0.25, -0.2) is 0 Å². The topological polar surface area (TPSA) is 40.5 Å². The van der Waals surface area contributed by atoms with Crippen molar-refractivity contribution in [1.82, 2.24) is 0 Å². The lowest BCUT2D eigenvalue weighted by Gasteiger charge is -2.65. The summed E-state index contributed by atoms with van der Waals surface area (Å²) in [5.41, 5.74) is 1.31. The molecule has 2 bridgehead atoms. The largest absolute Gasteiger partial charge is 0.392 e. The monoisotopic (exact) mass is 304 g/mol. The maximum Gasteiger partial charge on any atom is 0.0834 e. The van der Waals surface area contributed by atoms with Crippen LogP contribution in [0.4, 0.5) is 0 Å². The second-order valence-corrected chi connectivity index (χ2v) is 9.77. The van der Waals surface area contributed by atoms with Gasteiger partial charge in [0.1, 0.15) is 0 Å². The van der Waals surface area contributed by atoms with E-state index in [1.54, 1.807) is 0 Å². The highest BCUT2D eigenvalue weighted by molar-refractivity contribution is 5.29. The summed E-state index contributed by atoms with van der Waals surface area (Å²) in [5, 5.41) is 22.2. The Balaban J connectivity index is 1.82. The molecular weight excluding hydrogens is 272 g/mol. The van der Waals surface area contributed by atoms with Gasteiger partial charge < -0.3 is 10.2 Å². The highest BCUT2D eigenvalue weighted by Crippen LogP contribution is 2.71. The van der Waals surface area contributed by atoms with E-state index in [1.807, 2.05) is 0 Å². The van der Waals surface area contributed by atoms with Crippen molar-refractivity contribution in [2.45, 2.75) is 77.9 Å². The minimum Gasteiger partial charge on any atom is -0.392 e. The molecule has 2 N–H and O–H groups in total. The van der Waals surface area contributed by atoms with Gasteiger partial charge in [0.2, 0.25) is 0 Å². The molecule has 0 unspecified atom stereocenters. The Morgan fingerprint density at radius 3 is 2.50 bits per heavy atom. The number of hydrogen-bond donors (Lipinski definition) is 2. The molecule has 0 aromatic heterocycles. The first-order chi connectivity index (χ1) is 10.2. The molecule has 4 fully saturated rings. The number of aliphatic hydroxyl groups is 2. The van der Waals surface area contributed by atoms with Crippen molar-refractivity contribution < 1.29 is 10.2 Å². The van der Waals surface area contributed by atoms with Crippen molar-refractivity contribution in [2.24, 2.45) is 34.0 Å². The van der Waals surface area contributed by atoms with Crippen LogP contribution in [0, 0.1) is 34.0 Å². The molecule has 4 aliphatic rings. The van der Waals surface area contributed by atoms with E-state index >= 15 is 0 Å². The van der Waals surface area contributed by atoms with Crippen molar-refractivity contribution in [2.75, 3.05) is 0 Å². The number of rotatable bonds is 0. The van der Waals surface area contributed by atoms with Crippen LogP contribution < -0.4 is 0 Å². The van der Waals surface area contributed by atoms with Crippen molar-refractivity contribution >= 4 is 0 Å². The van der Waals surface area contributed by atoms with Gasteiger partial charge in [-0.1, -0.05) is 33.8 Å². The Labute approximate surface area is 135 Å². The minimum absolute atomic E-state index is 0.275. The van der Waals surface area contributed by atoms with Gasteiger partial charge in [0.25, 0.3) is 0 Å². The SMILES string of the molecule is C=C1[C@@H]2CC[C@H]3[C@]4(C)CCCC(C)(C)[C@H]4C[C@@H](O)[C@]3(C2)[C@@H]1O. The molecule has 4 saturated carbocycles. The van der Waals surface area contributed by atoms with E-state index in [1.165, 1.54) is 25.7 Å². The Bertz CT molecular complexity index is 510. The van der Waals surface area contributed by atoms with E-state index in [2.05, 4.69) is 27.4 Å². The first kappa shape index (κ1) is 15.2. The van der Waals surface area contributed by atoms with Gasteiger partial charge >= 0.3 is 0 Å². The van der Waals surface area contributed by atoms with Crippen LogP contribution in [0.3, 0.4) is 0 Å². The lowest BCUT2D eigenvalue weighted by molar-refractivity contribution is -0.219. The molecule has 0 saturated heterocycles. The third-order valence-corrected chi connectivity index (χ3v) is 8.59. The Morgan fingerprint density at radius 2 is 1.77 bits per heavy atom. The fourth-order valence-electron chi connectivity index (χ4n) is 7.60. The molecule has 0 aliphatic heterocycles. The zero-order chi connectivity index (χ0) is 15.9. The summed E-state index contributed by atoms with van der Waals surface area (Å²) in [6.45, 7) is 11.5. The fraction of sp³-hybridized carbons (Fsp3) is 0.900. The normalized spacial score (nSPS) is 56.4. The van der Waals surface area contributed by atoms with Gasteiger partial charge in [0.05, 0.1) is 12.2 Å². The van der Waals surface area contributed by atoms with E-state index in [4.69, 9.17) is 0 Å². The van der Waals surface area contributed by atoms with Crippen LogP contribution in [-0.4, -0.2) is 22.4 Å². The number of fused-ring (bicyclic) bond motifs is 3. The zero-order valence-corrected chi connectivity index (χ0v) is 14.4. The van der Waals surface area contributed by atoms with Crippen LogP contribution in [0.25, 0.3) is 0 Å². The van der Waals surface area contributed by atoms with Crippen LogP contribution in [0.1, 0.15) is 65.7 Å². The van der Waals surface area contributed by atoms with E-state index in [9.17, 15) is 10.2 Å². The molecule has 1 spiro atoms. The molecule has 22 heavy (non-hydrogen) atoms. The standard InChI is InChI=1S/C20H32O2/c1-12-13-6-7-14-19(4)9-5-8-18(2,3)15(19)10-16(21)20(14,11-13)17(12)22/h13-17,21-22H,1,5-11H2,2-4H3/t13-,14+,15-,16-,17-,19+,20-/m1/s1. The lowest BCUT2D eigenvalue weighted by atomic mass is 9.40. The predicted octanol–water partition coefficient (Wildman–Crippen LogP) is 3.92. The Morgan fingerprint density at radius 1 is 1.05 bits per heavy atom. The average Bonchev–Trinajstić information content (AvgIpc) is 2.64. The van der Waals surface area contributed by atoms with E-state index < -0.39 is 6.10 Å². The van der Waals surface area contributed by atoms with Gasteiger partial charge in [-0.15, -0.1) is 0 Å². The fourth-order valence-corrected chi connectivity index (χ4v) is 7.60. The number of aliphatic hydroxyl groups excluding tert-OH is 2. The molecule has 124 valence electrons. The van der Waals surface area contributed by atoms with Gasteiger partial charge in [0.15, 0.2) is 0 Å². The van der Waals surface area contributed by atoms with Crippen LogP contribution in [0.5, 0.6) is 0 Å². The summed E-state index contributed by atoms with van der Waals surface area (Å²) < 4.78 is 0. The third kappa shape index (κ3) is 1.59. The molecule has 0 amide bonds. The summed E-state index contributed by atoms with van der Waals surface area (Å²) in [7, 11) is 0. The lowest BCUT2D eigenvalue weighted by Crippen LogP contribution is -2.63. The second-order valence-electron chi connectivity index (χ2n) is 9.77. The number of hydrogen-bond acceptors (Lipinski definition) is 2. The van der Waals surface area contributed by atoms with Crippen LogP contribution >= 0.6 is 0 Å². The van der Waals surface area contributed by atoms with Crippen molar-refractivity contribution in [3.8, 4) is 0 Å². The quantitative estimate of drug-likeness (QED) is 0.666. The zero-order valence-electron chi connectivity index (χ0n) is 14.4. The molecular formula is C20H32O2. The molecule has 0 heterocycles. The summed E-state index contributed by atoms with van der Waals surface area (Å²) in [5.74, 6) is 1.48. The van der Waals surface area contributed by atoms with E-state index in [0.29, 0.717) is 23.2 Å². The predicted molar refractivity (Wildman–Crippen MR) is 88.3 cm³/mol. The summed E-state index contributed by atoms with van der Waals surface area (Å²) in [6.07, 6.45) is 7.18. The molecule has 0 aromatic carbocycles. The highest BCUT2D eigenvalue weighted by Gasteiger charge is 2.69. The van der Waals surface area contributed by atoms with Crippen molar-refractivity contribution in [3.63, 3.8) is 0 Å². The maximum absolute atomic E-state index is 11.2. The molecule has 2 nitrogen and oxygen atoms in total. The van der Waals surface area contributed by atoms with Gasteiger partial charge in [0, 0.05) is 5.41 Å². The minimum atomic E-state index is -0.484. The smallest absolute Gasteiger partial charge is 0.0834 e. The van der Waals surface area contributed by atoms with E-state index in [0.717, 1.165) is 24.8 Å². The third-order valence-electron chi connectivity index (χ3n) is 8.59. The van der Waals surface area contributed by atoms with Gasteiger partial charge in [-0.3, -0.25) is 0 Å². The van der Waals surface area contributed by atoms with Crippen molar-refractivity contribution in [3.05, 3.63) is 12.2 Å². The molecule has 4 rings (SSSR count). The average molecular weight is 304 g/mol. The van der Waals surface area contributed by atoms with E-state index in [-0.39, 0.29) is 16.9 Å². The van der Waals surface area contributed by atoms with Gasteiger partial charge in [-0.05, 0) is 72.7 Å². The first-order valence-electron chi connectivity index (χ1n) is 9.28. The highest BCUT2D eigenvalue weighted by atomic mass is 16.3. The second kappa shape index (κ2) is 4.39. The summed E-state index contributed by atoms with van der Waals surface area (Å²) >= 11 is 0. The Hall–Kier alpha value is -0.340. The first-order valence-corrected chi connectivity index (χ1v) is 9.28. The van der Waals surface area contributed by atoms with Gasteiger partial charge in [-0.2, -0.15) is 0 Å². The molecule has 0 aromatic rings. The summed E-state index contributed by atoms with van der Waals surface area (Å²) in [4.78, 5) is 0. The summed E-state index contributed by atoms with van der Waals surface area (Å²) in [6, 6.07) is 0. The molecule has 2 heteroatoms. The van der Waals surface area contributed by atoms with Crippen LogP contribution in [-0.2, 0) is 0 Å². The maximum atomic E-state index is 11.2. The van der Waals surface area contributed by atoms with Crippen LogP contribution in [0.15, 0.2) is 12.2 Å². The Kier molecular flexibility index (Phi) is 3.03.